The Balaban J connectivity index is 1.81. The molecule has 1 N–H and O–H groups in total. The van der Waals surface area contributed by atoms with Crippen LogP contribution in [0.25, 0.3) is 5.69 Å². The summed E-state index contributed by atoms with van der Waals surface area (Å²) in [5.74, 6) is 0.979. The van der Waals surface area contributed by atoms with E-state index in [1.165, 1.54) is 47.3 Å². The van der Waals surface area contributed by atoms with Crippen LogP contribution in [0.1, 0.15) is 37.0 Å². The van der Waals surface area contributed by atoms with Crippen LogP contribution >= 0.6 is 11.8 Å². The maximum atomic E-state index is 12.9. The standard InChI is InChI=1S/C25H31N5O5S2/c1-5-29(6-2)37(33,34)20-13-11-19(12-14-20)22(32)17-36-25-28-27-24(15-16-26-18(3)31)30(25)21-9-7-8-10-23(21)35-4/h7-14H,5-6,15-17H2,1-4H3,(H,26,31). The molecule has 2 aromatic carbocycles. The number of benzene rings is 2. The fourth-order valence-electron chi connectivity index (χ4n) is 3.70. The Hall–Kier alpha value is -3.22. The van der Waals surface area contributed by atoms with Crippen molar-refractivity contribution in [1.29, 1.82) is 0 Å². The number of methoxy groups -OCH3 is 1. The Morgan fingerprint density at radius 1 is 1.05 bits per heavy atom. The average molecular weight is 546 g/mol. The first-order valence-corrected chi connectivity index (χ1v) is 14.2. The van der Waals surface area contributed by atoms with Gasteiger partial charge in [0.2, 0.25) is 15.9 Å². The molecule has 1 aromatic heterocycles. The maximum absolute atomic E-state index is 12.9. The molecule has 0 aliphatic heterocycles. The van der Waals surface area contributed by atoms with Gasteiger partial charge in [0.1, 0.15) is 11.6 Å². The molecule has 0 unspecified atom stereocenters. The number of hydrogen-bond donors (Lipinski definition) is 1. The van der Waals surface area contributed by atoms with Crippen LogP contribution in [0.3, 0.4) is 0 Å². The number of rotatable bonds is 13. The minimum Gasteiger partial charge on any atom is -0.495 e. The second kappa shape index (κ2) is 12.8. The molecule has 12 heteroatoms. The minimum atomic E-state index is -3.60. The maximum Gasteiger partial charge on any atom is 0.243 e. The highest BCUT2D eigenvalue weighted by atomic mass is 32.2. The van der Waals surface area contributed by atoms with E-state index in [0.717, 1.165) is 0 Å². The van der Waals surface area contributed by atoms with E-state index in [1.807, 2.05) is 28.8 Å². The zero-order valence-corrected chi connectivity index (χ0v) is 22.9. The molecule has 198 valence electrons. The van der Waals surface area contributed by atoms with Crippen LogP contribution in [0.4, 0.5) is 0 Å². The summed E-state index contributed by atoms with van der Waals surface area (Å²) in [5, 5.41) is 11.8. The molecule has 0 bridgehead atoms. The van der Waals surface area contributed by atoms with Gasteiger partial charge < -0.3 is 10.1 Å². The average Bonchev–Trinajstić information content (AvgIpc) is 3.30. The molecule has 1 heterocycles. The molecule has 3 aromatic rings. The molecule has 0 saturated heterocycles. The van der Waals surface area contributed by atoms with Gasteiger partial charge in [-0.2, -0.15) is 4.31 Å². The molecule has 0 fully saturated rings. The quantitative estimate of drug-likeness (QED) is 0.257. The highest BCUT2D eigenvalue weighted by molar-refractivity contribution is 7.99. The summed E-state index contributed by atoms with van der Waals surface area (Å²) in [6.45, 7) is 6.14. The number of para-hydroxylation sites is 2. The molecule has 1 amide bonds. The molecule has 0 aliphatic rings. The van der Waals surface area contributed by atoms with Crippen molar-refractivity contribution in [3.63, 3.8) is 0 Å². The van der Waals surface area contributed by atoms with E-state index in [1.54, 1.807) is 21.0 Å². The third kappa shape index (κ3) is 6.76. The van der Waals surface area contributed by atoms with Crippen LogP contribution in [-0.2, 0) is 21.2 Å². The number of sulfonamides is 1. The molecule has 0 atom stereocenters. The van der Waals surface area contributed by atoms with E-state index in [4.69, 9.17) is 4.74 Å². The number of nitrogens with zero attached hydrogens (tertiary/aromatic N) is 4. The van der Waals surface area contributed by atoms with Crippen molar-refractivity contribution in [2.75, 3.05) is 32.5 Å². The van der Waals surface area contributed by atoms with Crippen LogP contribution < -0.4 is 10.1 Å². The van der Waals surface area contributed by atoms with E-state index in [0.29, 0.717) is 54.0 Å². The molecule has 0 radical (unpaired) electrons. The molecule has 3 rings (SSSR count). The van der Waals surface area contributed by atoms with Gasteiger partial charge in [-0.15, -0.1) is 10.2 Å². The van der Waals surface area contributed by atoms with Crippen molar-refractivity contribution < 1.29 is 22.7 Å². The number of carbonyl (C=O) groups excluding carboxylic acids is 2. The normalized spacial score (nSPS) is 11.5. The van der Waals surface area contributed by atoms with Gasteiger partial charge in [0.05, 0.1) is 23.4 Å². The number of thioether (sulfide) groups is 1. The largest absolute Gasteiger partial charge is 0.495 e. The SMILES string of the molecule is CCN(CC)S(=O)(=O)c1ccc(C(=O)CSc2nnc(CCNC(C)=O)n2-c2ccccc2OC)cc1. The molecular formula is C25H31N5O5S2. The lowest BCUT2D eigenvalue weighted by Gasteiger charge is -2.18. The van der Waals surface area contributed by atoms with E-state index in [2.05, 4.69) is 15.5 Å². The number of carbonyl (C=O) groups is 2. The van der Waals surface area contributed by atoms with E-state index < -0.39 is 10.0 Å². The monoisotopic (exact) mass is 545 g/mol. The molecule has 0 saturated carbocycles. The third-order valence-corrected chi connectivity index (χ3v) is 8.59. The summed E-state index contributed by atoms with van der Waals surface area (Å²) < 4.78 is 34.1. The highest BCUT2D eigenvalue weighted by Crippen LogP contribution is 2.29. The Bertz CT molecular complexity index is 1340. The van der Waals surface area contributed by atoms with E-state index in [-0.39, 0.29) is 22.3 Å². The highest BCUT2D eigenvalue weighted by Gasteiger charge is 2.22. The Morgan fingerprint density at radius 3 is 2.35 bits per heavy atom. The van der Waals surface area contributed by atoms with Crippen LogP contribution in [0.2, 0.25) is 0 Å². The van der Waals surface area contributed by atoms with Gasteiger partial charge in [0.25, 0.3) is 0 Å². The number of Topliss-reactive ketones (excluding diaryl/α,β-unsaturated/α-hetero) is 1. The first kappa shape index (κ1) is 28.4. The van der Waals surface area contributed by atoms with Crippen molar-refractivity contribution in [2.45, 2.75) is 37.2 Å². The summed E-state index contributed by atoms with van der Waals surface area (Å²) in [7, 11) is -2.03. The molecule has 10 nitrogen and oxygen atoms in total. The zero-order valence-electron chi connectivity index (χ0n) is 21.3. The zero-order chi connectivity index (χ0) is 27.0. The van der Waals surface area contributed by atoms with Crippen LogP contribution in [0, 0.1) is 0 Å². The van der Waals surface area contributed by atoms with Crippen molar-refractivity contribution in [3.05, 3.63) is 59.9 Å². The van der Waals surface area contributed by atoms with Gasteiger partial charge in [-0.25, -0.2) is 8.42 Å². The first-order chi connectivity index (χ1) is 17.7. The van der Waals surface area contributed by atoms with Crippen molar-refractivity contribution in [1.82, 2.24) is 24.4 Å². The van der Waals surface area contributed by atoms with Crippen molar-refractivity contribution >= 4 is 33.5 Å². The van der Waals surface area contributed by atoms with Gasteiger partial charge in [-0.1, -0.05) is 49.9 Å². The van der Waals surface area contributed by atoms with Gasteiger partial charge in [-0.05, 0) is 24.3 Å². The van der Waals surface area contributed by atoms with E-state index in [9.17, 15) is 18.0 Å². The van der Waals surface area contributed by atoms with Crippen LogP contribution in [0.5, 0.6) is 5.75 Å². The predicted octanol–water partition coefficient (Wildman–Crippen LogP) is 2.96. The lowest BCUT2D eigenvalue weighted by Crippen LogP contribution is -2.30. The number of amides is 1. The first-order valence-electron chi connectivity index (χ1n) is 11.8. The van der Waals surface area contributed by atoms with Crippen molar-refractivity contribution in [2.24, 2.45) is 0 Å². The summed E-state index contributed by atoms with van der Waals surface area (Å²) in [6, 6.07) is 13.4. The number of nitrogens with one attached hydrogen (secondary N) is 1. The van der Waals surface area contributed by atoms with Gasteiger partial charge >= 0.3 is 0 Å². The Kier molecular flexibility index (Phi) is 9.84. The van der Waals surface area contributed by atoms with Crippen LogP contribution in [-0.4, -0.2) is 71.7 Å². The van der Waals surface area contributed by atoms with Gasteiger partial charge in [0, 0.05) is 38.5 Å². The topological polar surface area (TPSA) is 123 Å². The molecular weight excluding hydrogens is 514 g/mol. The van der Waals surface area contributed by atoms with Gasteiger partial charge in [-0.3, -0.25) is 14.2 Å². The minimum absolute atomic E-state index is 0.0706. The molecule has 0 aliphatic carbocycles. The lowest BCUT2D eigenvalue weighted by molar-refractivity contribution is -0.118. The second-order valence-electron chi connectivity index (χ2n) is 7.96. The Labute approximate surface area is 221 Å². The molecule has 37 heavy (non-hydrogen) atoms. The number of aromatic nitrogens is 3. The second-order valence-corrected chi connectivity index (χ2v) is 10.8. The predicted molar refractivity (Wildman–Crippen MR) is 142 cm³/mol. The third-order valence-electron chi connectivity index (χ3n) is 5.60. The fraction of sp³-hybridized carbons (Fsp3) is 0.360. The van der Waals surface area contributed by atoms with Gasteiger partial charge in [0.15, 0.2) is 10.9 Å². The lowest BCUT2D eigenvalue weighted by atomic mass is 10.1. The summed E-state index contributed by atoms with van der Waals surface area (Å²) >= 11 is 1.22. The van der Waals surface area contributed by atoms with Crippen LogP contribution in [0.15, 0.2) is 58.6 Å². The van der Waals surface area contributed by atoms with E-state index >= 15 is 0 Å². The smallest absolute Gasteiger partial charge is 0.243 e. The number of ketones is 1. The fourth-order valence-corrected chi connectivity index (χ4v) is 6.02. The summed E-state index contributed by atoms with van der Waals surface area (Å²) in [6.07, 6.45) is 0.432. The Morgan fingerprint density at radius 2 is 1.73 bits per heavy atom. The summed E-state index contributed by atoms with van der Waals surface area (Å²) in [5.41, 5.74) is 1.12. The number of hydrogen-bond acceptors (Lipinski definition) is 8. The molecule has 0 spiro atoms. The summed E-state index contributed by atoms with van der Waals surface area (Å²) in [4.78, 5) is 24.4. The van der Waals surface area contributed by atoms with Crippen molar-refractivity contribution in [3.8, 4) is 11.4 Å². The number of ether oxygens (including phenoxy) is 1.